The van der Waals surface area contributed by atoms with Crippen LogP contribution >= 0.6 is 22.7 Å². The number of aromatic nitrogens is 3. The molecule has 0 radical (unpaired) electrons. The molecule has 2 aromatic heterocycles. The molecule has 0 aliphatic heterocycles. The van der Waals surface area contributed by atoms with E-state index >= 15 is 0 Å². The van der Waals surface area contributed by atoms with Crippen LogP contribution in [0.5, 0.6) is 0 Å². The number of hydrogen-bond acceptors (Lipinski definition) is 6. The van der Waals surface area contributed by atoms with Crippen LogP contribution in [0.1, 0.15) is 17.6 Å². The summed E-state index contributed by atoms with van der Waals surface area (Å²) in [5.74, 6) is 0. The molecule has 0 amide bonds. The second-order valence-electron chi connectivity index (χ2n) is 3.04. The zero-order chi connectivity index (χ0) is 10.8. The third-order valence-corrected chi connectivity index (χ3v) is 4.37. The lowest BCUT2D eigenvalue weighted by atomic mass is 10.4. The highest BCUT2D eigenvalue weighted by molar-refractivity contribution is 7.23. The van der Waals surface area contributed by atoms with Crippen molar-refractivity contribution in [2.45, 2.75) is 20.3 Å². The maximum Gasteiger partial charge on any atom is 0.205 e. The monoisotopic (exact) mass is 240 g/mol. The molecule has 15 heavy (non-hydrogen) atoms. The number of hydrogen-bond donors (Lipinski definition) is 1. The molecular weight excluding hydrogens is 228 g/mol. The second-order valence-corrected chi connectivity index (χ2v) is 5.10. The Labute approximate surface area is 96.4 Å². The lowest BCUT2D eigenvalue weighted by Gasteiger charge is -1.88. The van der Waals surface area contributed by atoms with Crippen LogP contribution in [0.4, 0.5) is 5.13 Å². The fourth-order valence-corrected chi connectivity index (χ4v) is 3.04. The molecule has 4 nitrogen and oxygen atoms in total. The van der Waals surface area contributed by atoms with Crippen molar-refractivity contribution in [1.82, 2.24) is 15.2 Å². The third-order valence-electron chi connectivity index (χ3n) is 1.98. The van der Waals surface area contributed by atoms with E-state index in [1.165, 1.54) is 0 Å². The van der Waals surface area contributed by atoms with E-state index in [1.54, 1.807) is 22.7 Å². The quantitative estimate of drug-likeness (QED) is 0.896. The van der Waals surface area contributed by atoms with E-state index in [1.807, 2.05) is 14.0 Å². The number of thiazole rings is 1. The molecule has 0 aromatic carbocycles. The summed E-state index contributed by atoms with van der Waals surface area (Å²) < 4.78 is 0. The Bertz CT molecular complexity index is 460. The van der Waals surface area contributed by atoms with Crippen molar-refractivity contribution in [2.24, 2.45) is 0 Å². The Balaban J connectivity index is 2.39. The van der Waals surface area contributed by atoms with Gasteiger partial charge in [0.25, 0.3) is 0 Å². The van der Waals surface area contributed by atoms with Gasteiger partial charge in [-0.05, 0) is 13.3 Å². The summed E-state index contributed by atoms with van der Waals surface area (Å²) in [6.45, 7) is 4.13. The van der Waals surface area contributed by atoms with Crippen LogP contribution in [-0.2, 0) is 6.42 Å². The molecule has 0 aliphatic carbocycles. The number of aryl methyl sites for hydroxylation is 2. The maximum atomic E-state index is 4.48. The van der Waals surface area contributed by atoms with Gasteiger partial charge < -0.3 is 5.32 Å². The first-order chi connectivity index (χ1) is 7.24. The summed E-state index contributed by atoms with van der Waals surface area (Å²) in [6.07, 6.45) is 0.975. The average molecular weight is 240 g/mol. The van der Waals surface area contributed by atoms with Gasteiger partial charge in [0.1, 0.15) is 0 Å². The lowest BCUT2D eigenvalue weighted by molar-refractivity contribution is 1.06. The Morgan fingerprint density at radius 2 is 2.07 bits per heavy atom. The molecule has 0 aliphatic rings. The predicted octanol–water partition coefficient (Wildman–Crippen LogP) is 2.57. The molecule has 0 atom stereocenters. The molecule has 80 valence electrons. The standard InChI is InChI=1S/C9H12N4S2/c1-4-6-11-5(2)7(14-6)8-12-13-9(10-3)15-8/h4H2,1-3H3,(H,10,13). The minimum absolute atomic E-state index is 0.843. The van der Waals surface area contributed by atoms with Crippen molar-refractivity contribution in [1.29, 1.82) is 0 Å². The molecule has 0 fully saturated rings. The zero-order valence-corrected chi connectivity index (χ0v) is 10.5. The summed E-state index contributed by atoms with van der Waals surface area (Å²) in [5, 5.41) is 14.1. The van der Waals surface area contributed by atoms with E-state index in [9.17, 15) is 0 Å². The zero-order valence-electron chi connectivity index (χ0n) is 8.87. The molecule has 0 saturated heterocycles. The maximum absolute atomic E-state index is 4.48. The van der Waals surface area contributed by atoms with Gasteiger partial charge in [-0.15, -0.1) is 21.5 Å². The van der Waals surface area contributed by atoms with Gasteiger partial charge in [-0.1, -0.05) is 18.3 Å². The lowest BCUT2D eigenvalue weighted by Crippen LogP contribution is -1.84. The Morgan fingerprint density at radius 3 is 2.60 bits per heavy atom. The van der Waals surface area contributed by atoms with Crippen LogP contribution < -0.4 is 5.32 Å². The van der Waals surface area contributed by atoms with E-state index in [2.05, 4.69) is 27.4 Å². The fourth-order valence-electron chi connectivity index (χ4n) is 1.22. The number of rotatable bonds is 3. The molecule has 2 rings (SSSR count). The van der Waals surface area contributed by atoms with Crippen LogP contribution in [-0.4, -0.2) is 22.2 Å². The molecular formula is C9H12N4S2. The first-order valence-electron chi connectivity index (χ1n) is 4.72. The van der Waals surface area contributed by atoms with E-state index in [-0.39, 0.29) is 0 Å². The number of nitrogens with one attached hydrogen (secondary N) is 1. The smallest absolute Gasteiger partial charge is 0.205 e. The summed E-state index contributed by atoms with van der Waals surface area (Å²) in [5.41, 5.74) is 1.05. The summed E-state index contributed by atoms with van der Waals surface area (Å²) in [6, 6.07) is 0. The summed E-state index contributed by atoms with van der Waals surface area (Å²) in [7, 11) is 1.85. The van der Waals surface area contributed by atoms with Gasteiger partial charge in [-0.3, -0.25) is 0 Å². The largest absolute Gasteiger partial charge is 0.363 e. The molecule has 1 N–H and O–H groups in total. The van der Waals surface area contributed by atoms with Crippen LogP contribution in [0.3, 0.4) is 0 Å². The highest BCUT2D eigenvalue weighted by Crippen LogP contribution is 2.33. The van der Waals surface area contributed by atoms with Crippen LogP contribution in [0.25, 0.3) is 9.88 Å². The van der Waals surface area contributed by atoms with Crippen molar-refractivity contribution in [2.75, 3.05) is 12.4 Å². The number of anilines is 1. The van der Waals surface area contributed by atoms with Gasteiger partial charge in [-0.25, -0.2) is 4.98 Å². The predicted molar refractivity (Wildman–Crippen MR) is 64.7 cm³/mol. The van der Waals surface area contributed by atoms with E-state index < -0.39 is 0 Å². The Kier molecular flexibility index (Phi) is 2.97. The molecule has 6 heteroatoms. The average Bonchev–Trinajstić information content (AvgIpc) is 2.83. The van der Waals surface area contributed by atoms with E-state index in [0.717, 1.165) is 32.1 Å². The Morgan fingerprint density at radius 1 is 1.27 bits per heavy atom. The van der Waals surface area contributed by atoms with Gasteiger partial charge in [0, 0.05) is 7.05 Å². The molecule has 0 unspecified atom stereocenters. The Hall–Kier alpha value is -1.01. The van der Waals surface area contributed by atoms with Gasteiger partial charge in [0.2, 0.25) is 5.13 Å². The summed E-state index contributed by atoms with van der Waals surface area (Å²) >= 11 is 3.27. The van der Waals surface area contributed by atoms with Crippen molar-refractivity contribution in [3.8, 4) is 9.88 Å². The normalized spacial score (nSPS) is 10.6. The van der Waals surface area contributed by atoms with E-state index in [0.29, 0.717) is 0 Å². The number of nitrogens with zero attached hydrogens (tertiary/aromatic N) is 3. The van der Waals surface area contributed by atoms with Crippen molar-refractivity contribution in [3.63, 3.8) is 0 Å². The first kappa shape index (κ1) is 10.5. The molecule has 2 aromatic rings. The van der Waals surface area contributed by atoms with Gasteiger partial charge in [-0.2, -0.15) is 0 Å². The molecule has 0 spiro atoms. The van der Waals surface area contributed by atoms with Crippen LogP contribution in [0.15, 0.2) is 0 Å². The highest BCUT2D eigenvalue weighted by atomic mass is 32.1. The highest BCUT2D eigenvalue weighted by Gasteiger charge is 2.13. The minimum Gasteiger partial charge on any atom is -0.363 e. The molecule has 0 bridgehead atoms. The van der Waals surface area contributed by atoms with Gasteiger partial charge in [0.05, 0.1) is 15.6 Å². The second kappa shape index (κ2) is 4.24. The van der Waals surface area contributed by atoms with Crippen LogP contribution in [0.2, 0.25) is 0 Å². The van der Waals surface area contributed by atoms with Crippen LogP contribution in [0, 0.1) is 6.92 Å². The van der Waals surface area contributed by atoms with Gasteiger partial charge in [0.15, 0.2) is 5.01 Å². The van der Waals surface area contributed by atoms with Gasteiger partial charge >= 0.3 is 0 Å². The topological polar surface area (TPSA) is 50.7 Å². The summed E-state index contributed by atoms with van der Waals surface area (Å²) in [4.78, 5) is 5.62. The molecule has 2 heterocycles. The minimum atomic E-state index is 0.843. The fraction of sp³-hybridized carbons (Fsp3) is 0.444. The van der Waals surface area contributed by atoms with Crippen molar-refractivity contribution < 1.29 is 0 Å². The van der Waals surface area contributed by atoms with Crippen molar-refractivity contribution >= 4 is 27.8 Å². The van der Waals surface area contributed by atoms with Crippen molar-refractivity contribution in [3.05, 3.63) is 10.7 Å². The molecule has 0 saturated carbocycles. The SMILES string of the molecule is CCc1nc(C)c(-c2nnc(NC)s2)s1. The first-order valence-corrected chi connectivity index (χ1v) is 6.35. The third kappa shape index (κ3) is 2.00. The van der Waals surface area contributed by atoms with E-state index in [4.69, 9.17) is 0 Å².